The highest BCUT2D eigenvalue weighted by Gasteiger charge is 2.29. The van der Waals surface area contributed by atoms with Gasteiger partial charge in [-0.3, -0.25) is 14.9 Å². The summed E-state index contributed by atoms with van der Waals surface area (Å²) in [6.45, 7) is 1.62. The Hall–Kier alpha value is -4.55. The van der Waals surface area contributed by atoms with Crippen molar-refractivity contribution in [2.45, 2.75) is 45.3 Å². The van der Waals surface area contributed by atoms with Crippen molar-refractivity contribution in [1.82, 2.24) is 20.0 Å². The van der Waals surface area contributed by atoms with E-state index in [0.29, 0.717) is 34.9 Å². The van der Waals surface area contributed by atoms with E-state index in [9.17, 15) is 19.7 Å². The fraction of sp³-hybridized carbons (Fsp3) is 0.400. The Balaban J connectivity index is 1.40. The van der Waals surface area contributed by atoms with Gasteiger partial charge in [0.05, 0.1) is 35.4 Å². The van der Waals surface area contributed by atoms with E-state index in [0.717, 1.165) is 19.3 Å². The van der Waals surface area contributed by atoms with Gasteiger partial charge in [0, 0.05) is 19.2 Å². The zero-order valence-corrected chi connectivity index (χ0v) is 21.2. The molecule has 0 N–H and O–H groups in total. The molecule has 1 aliphatic carbocycles. The minimum atomic E-state index is -0.989. The molecule has 0 saturated heterocycles. The molecule has 0 aliphatic heterocycles. The van der Waals surface area contributed by atoms with Gasteiger partial charge >= 0.3 is 12.1 Å². The Bertz CT molecular complexity index is 1320. The predicted octanol–water partition coefficient (Wildman–Crippen LogP) is 3.92. The Labute approximate surface area is 217 Å². The lowest BCUT2D eigenvalue weighted by Gasteiger charge is -2.28. The van der Waals surface area contributed by atoms with Crippen LogP contribution in [0.25, 0.3) is 11.4 Å². The van der Waals surface area contributed by atoms with Crippen LogP contribution in [-0.4, -0.2) is 50.2 Å². The second kappa shape index (κ2) is 11.7. The van der Waals surface area contributed by atoms with Crippen LogP contribution >= 0.6 is 0 Å². The molecule has 1 aliphatic rings. The van der Waals surface area contributed by atoms with E-state index in [1.165, 1.54) is 36.1 Å². The number of nitrogens with zero attached hydrogens (tertiary/aromatic N) is 5. The Morgan fingerprint density at radius 3 is 2.61 bits per heavy atom. The van der Waals surface area contributed by atoms with Gasteiger partial charge in [0.1, 0.15) is 29.5 Å². The summed E-state index contributed by atoms with van der Waals surface area (Å²) >= 11 is 0. The second-order valence-electron chi connectivity index (χ2n) is 8.81. The maximum absolute atomic E-state index is 12.2. The van der Waals surface area contributed by atoms with Gasteiger partial charge in [-0.25, -0.2) is 14.5 Å². The highest BCUT2D eigenvalue weighted by Crippen LogP contribution is 2.31. The first kappa shape index (κ1) is 26.5. The fourth-order valence-corrected chi connectivity index (χ4v) is 4.24. The van der Waals surface area contributed by atoms with Crippen LogP contribution in [0.3, 0.4) is 0 Å². The van der Waals surface area contributed by atoms with Gasteiger partial charge in [-0.05, 0) is 56.9 Å². The van der Waals surface area contributed by atoms with Crippen molar-refractivity contribution in [3.05, 3.63) is 57.9 Å². The molecule has 2 atom stereocenters. The summed E-state index contributed by atoms with van der Waals surface area (Å²) in [6.07, 6.45) is 2.01. The van der Waals surface area contributed by atoms with Gasteiger partial charge in [-0.1, -0.05) is 5.21 Å². The van der Waals surface area contributed by atoms with Gasteiger partial charge in [0.25, 0.3) is 5.69 Å². The number of hydrogen-bond acceptors (Lipinski definition) is 11. The number of nitro groups is 1. The minimum absolute atomic E-state index is 0.104. The molecular weight excluding hydrogens is 498 g/mol. The average molecular weight is 526 g/mol. The number of carbonyl (C=O) groups excluding carboxylic acids is 2. The van der Waals surface area contributed by atoms with Gasteiger partial charge < -0.3 is 18.9 Å². The van der Waals surface area contributed by atoms with Gasteiger partial charge in [-0.15, -0.1) is 5.10 Å². The number of ether oxygens (including phenoxy) is 4. The van der Waals surface area contributed by atoms with E-state index in [-0.39, 0.29) is 36.0 Å². The lowest BCUT2D eigenvalue weighted by atomic mass is 9.87. The molecular formula is C25H27N5O8. The molecule has 0 unspecified atom stereocenters. The number of benzene rings is 1. The topological polar surface area (TPSA) is 158 Å². The number of carbonyl (C=O) groups is 2. The smallest absolute Gasteiger partial charge is 0.489 e. The average Bonchev–Trinajstić information content (AvgIpc) is 3.28. The van der Waals surface area contributed by atoms with Crippen LogP contribution in [0.5, 0.6) is 11.5 Å². The summed E-state index contributed by atoms with van der Waals surface area (Å²) < 4.78 is 22.8. The summed E-state index contributed by atoms with van der Waals surface area (Å²) in [7, 11) is 3.05. The molecule has 0 amide bonds. The Morgan fingerprint density at radius 2 is 1.92 bits per heavy atom. The van der Waals surface area contributed by atoms with Crippen LogP contribution in [0.1, 0.15) is 37.1 Å². The number of pyridine rings is 1. The van der Waals surface area contributed by atoms with Crippen molar-refractivity contribution in [1.29, 1.82) is 0 Å². The largest absolute Gasteiger partial charge is 0.514 e. The molecule has 1 fully saturated rings. The molecule has 2 heterocycles. The van der Waals surface area contributed by atoms with Crippen molar-refractivity contribution in [3.63, 3.8) is 0 Å². The molecule has 3 aromatic rings. The highest BCUT2D eigenvalue weighted by atomic mass is 16.7. The monoisotopic (exact) mass is 525 g/mol. The maximum Gasteiger partial charge on any atom is 0.514 e. The minimum Gasteiger partial charge on any atom is -0.489 e. The number of methoxy groups -OCH3 is 1. The maximum atomic E-state index is 12.2. The van der Waals surface area contributed by atoms with Crippen LogP contribution in [-0.2, 0) is 27.9 Å². The third kappa shape index (κ3) is 6.22. The number of nitro benzene ring substituents is 1. The molecule has 1 saturated carbocycles. The number of esters is 1. The number of aryl methyl sites for hydroxylation is 2. The molecule has 38 heavy (non-hydrogen) atoms. The molecule has 0 spiro atoms. The standard InChI is InChI=1S/C25H27N5O8/c1-15-22(37-19-6-4-5-16(13-19)24(31)35-3)12-11-20(26-15)23-21(29(2)28-27-23)14-36-25(32)38-18-9-7-17(8-10-18)30(33)34/h7-12,16,19H,4-6,13-14H2,1-3H3/t16-,19-/m0/s1. The summed E-state index contributed by atoms with van der Waals surface area (Å²) in [5.41, 5.74) is 1.94. The first-order valence-corrected chi connectivity index (χ1v) is 11.9. The third-order valence-electron chi connectivity index (χ3n) is 6.25. The summed E-state index contributed by atoms with van der Waals surface area (Å²) in [5, 5.41) is 18.9. The quantitative estimate of drug-likeness (QED) is 0.182. The second-order valence-corrected chi connectivity index (χ2v) is 8.81. The molecule has 13 nitrogen and oxygen atoms in total. The van der Waals surface area contributed by atoms with E-state index in [1.807, 2.05) is 6.92 Å². The zero-order chi connectivity index (χ0) is 27.2. The number of non-ortho nitro benzene ring substituents is 1. The van der Waals surface area contributed by atoms with E-state index >= 15 is 0 Å². The third-order valence-corrected chi connectivity index (χ3v) is 6.25. The van der Waals surface area contributed by atoms with Gasteiger partial charge in [0.2, 0.25) is 0 Å². The molecule has 1 aromatic carbocycles. The number of aromatic nitrogens is 4. The van der Waals surface area contributed by atoms with E-state index in [1.54, 1.807) is 19.2 Å². The summed E-state index contributed by atoms with van der Waals surface area (Å²) in [5.74, 6) is 0.336. The van der Waals surface area contributed by atoms with Crippen molar-refractivity contribution in [2.24, 2.45) is 13.0 Å². The molecule has 200 valence electrons. The van der Waals surface area contributed by atoms with E-state index in [2.05, 4.69) is 15.3 Å². The first-order chi connectivity index (χ1) is 18.2. The Kier molecular flexibility index (Phi) is 8.14. The van der Waals surface area contributed by atoms with Gasteiger partial charge in [0.15, 0.2) is 0 Å². The normalized spacial score (nSPS) is 16.9. The van der Waals surface area contributed by atoms with Gasteiger partial charge in [-0.2, -0.15) is 0 Å². The number of rotatable bonds is 8. The van der Waals surface area contributed by atoms with Crippen LogP contribution in [0.15, 0.2) is 36.4 Å². The van der Waals surface area contributed by atoms with Crippen LogP contribution in [0, 0.1) is 23.0 Å². The molecule has 4 rings (SSSR count). The molecule has 13 heteroatoms. The van der Waals surface area contributed by atoms with E-state index in [4.69, 9.17) is 18.9 Å². The lowest BCUT2D eigenvalue weighted by Crippen LogP contribution is -2.30. The van der Waals surface area contributed by atoms with Crippen LogP contribution in [0.2, 0.25) is 0 Å². The summed E-state index contributed by atoms with van der Waals surface area (Å²) in [6, 6.07) is 8.58. The highest BCUT2D eigenvalue weighted by molar-refractivity contribution is 5.72. The molecule has 0 bridgehead atoms. The zero-order valence-electron chi connectivity index (χ0n) is 21.2. The fourth-order valence-electron chi connectivity index (χ4n) is 4.24. The van der Waals surface area contributed by atoms with Crippen LogP contribution in [0.4, 0.5) is 10.5 Å². The van der Waals surface area contributed by atoms with Crippen LogP contribution < -0.4 is 9.47 Å². The first-order valence-electron chi connectivity index (χ1n) is 11.9. The SMILES string of the molecule is COC(=O)[C@H]1CCC[C@H](Oc2ccc(-c3nnn(C)c3COC(=O)Oc3ccc([N+](=O)[O-])cc3)nc2C)C1. The van der Waals surface area contributed by atoms with Crippen molar-refractivity contribution in [3.8, 4) is 22.9 Å². The van der Waals surface area contributed by atoms with Crippen molar-refractivity contribution < 1.29 is 33.5 Å². The number of hydrogen-bond donors (Lipinski definition) is 0. The van der Waals surface area contributed by atoms with E-state index < -0.39 is 11.1 Å². The molecule has 2 aromatic heterocycles. The summed E-state index contributed by atoms with van der Waals surface area (Å²) in [4.78, 5) is 38.9. The lowest BCUT2D eigenvalue weighted by molar-refractivity contribution is -0.384. The van der Waals surface area contributed by atoms with Crippen molar-refractivity contribution in [2.75, 3.05) is 7.11 Å². The predicted molar refractivity (Wildman–Crippen MR) is 131 cm³/mol. The van der Waals surface area contributed by atoms with Crippen molar-refractivity contribution >= 4 is 17.8 Å². The Morgan fingerprint density at radius 1 is 1.16 bits per heavy atom. The molecule has 0 radical (unpaired) electrons.